The van der Waals surface area contributed by atoms with Gasteiger partial charge in [0.2, 0.25) is 0 Å². The third-order valence-corrected chi connectivity index (χ3v) is 5.88. The second-order valence-electron chi connectivity index (χ2n) is 8.08. The van der Waals surface area contributed by atoms with Crippen molar-refractivity contribution in [2.24, 2.45) is 0 Å². The molecule has 1 aliphatic heterocycles. The summed E-state index contributed by atoms with van der Waals surface area (Å²) in [5, 5.41) is 7.37. The van der Waals surface area contributed by atoms with Gasteiger partial charge in [0.15, 0.2) is 0 Å². The summed E-state index contributed by atoms with van der Waals surface area (Å²) in [5.74, 6) is -0.566. The maximum Gasteiger partial charge on any atom is 0.341 e. The van der Waals surface area contributed by atoms with Gasteiger partial charge in [-0.05, 0) is 57.3 Å². The molecule has 1 fully saturated rings. The van der Waals surface area contributed by atoms with Crippen LogP contribution < -0.4 is 10.2 Å². The van der Waals surface area contributed by atoms with Gasteiger partial charge in [0.05, 0.1) is 35.6 Å². The fourth-order valence-corrected chi connectivity index (χ4v) is 3.93. The molecule has 0 saturated carbocycles. The highest BCUT2D eigenvalue weighted by Gasteiger charge is 2.19. The van der Waals surface area contributed by atoms with E-state index < -0.39 is 5.97 Å². The quantitative estimate of drug-likeness (QED) is 0.584. The van der Waals surface area contributed by atoms with Gasteiger partial charge in [-0.2, -0.15) is 5.10 Å². The van der Waals surface area contributed by atoms with E-state index in [2.05, 4.69) is 27.3 Å². The van der Waals surface area contributed by atoms with Gasteiger partial charge in [-0.15, -0.1) is 0 Å². The fraction of sp³-hybridized carbons (Fsp3) is 0.320. The van der Waals surface area contributed by atoms with Crippen molar-refractivity contribution in [1.82, 2.24) is 14.7 Å². The van der Waals surface area contributed by atoms with Gasteiger partial charge in [-0.1, -0.05) is 12.1 Å². The Morgan fingerprint density at radius 1 is 1.03 bits per heavy atom. The Morgan fingerprint density at radius 2 is 1.73 bits per heavy atom. The molecule has 1 amide bonds. The van der Waals surface area contributed by atoms with Crippen LogP contribution in [0, 0.1) is 6.92 Å². The van der Waals surface area contributed by atoms with Crippen molar-refractivity contribution >= 4 is 23.3 Å². The van der Waals surface area contributed by atoms with Gasteiger partial charge in [-0.3, -0.25) is 4.79 Å². The lowest BCUT2D eigenvalue weighted by Crippen LogP contribution is -2.44. The molecule has 0 radical (unpaired) electrons. The number of carbonyl (C=O) groups is 2. The summed E-state index contributed by atoms with van der Waals surface area (Å²) in [6.07, 6.45) is 1.50. The number of nitrogens with zero attached hydrogens (tertiary/aromatic N) is 4. The normalized spacial score (nSPS) is 14.2. The van der Waals surface area contributed by atoms with Crippen molar-refractivity contribution < 1.29 is 14.3 Å². The summed E-state index contributed by atoms with van der Waals surface area (Å²) in [6.45, 7) is 7.73. The number of amides is 1. The van der Waals surface area contributed by atoms with Gasteiger partial charge < -0.3 is 19.9 Å². The lowest BCUT2D eigenvalue weighted by Gasteiger charge is -2.35. The summed E-state index contributed by atoms with van der Waals surface area (Å²) in [7, 11) is 2.12. The van der Waals surface area contributed by atoms with Gasteiger partial charge >= 0.3 is 5.97 Å². The average molecular weight is 448 g/mol. The van der Waals surface area contributed by atoms with Crippen LogP contribution in [0.1, 0.15) is 33.3 Å². The summed E-state index contributed by atoms with van der Waals surface area (Å²) < 4.78 is 6.74. The van der Waals surface area contributed by atoms with Crippen LogP contribution in [0.2, 0.25) is 0 Å². The van der Waals surface area contributed by atoms with Crippen molar-refractivity contribution in [3.63, 3.8) is 0 Å². The number of carbonyl (C=O) groups excluding carboxylic acids is 2. The molecule has 4 rings (SSSR count). The van der Waals surface area contributed by atoms with E-state index in [9.17, 15) is 9.59 Å². The summed E-state index contributed by atoms with van der Waals surface area (Å²) in [4.78, 5) is 29.6. The minimum atomic E-state index is -0.392. The van der Waals surface area contributed by atoms with E-state index in [1.165, 1.54) is 6.20 Å². The summed E-state index contributed by atoms with van der Waals surface area (Å²) in [5.41, 5.74) is 4.26. The minimum absolute atomic E-state index is 0.174. The lowest BCUT2D eigenvalue weighted by molar-refractivity contribution is 0.0525. The van der Waals surface area contributed by atoms with E-state index >= 15 is 0 Å². The van der Waals surface area contributed by atoms with Crippen LogP contribution in [-0.4, -0.2) is 66.4 Å². The Kier molecular flexibility index (Phi) is 6.74. The average Bonchev–Trinajstić information content (AvgIpc) is 3.21. The zero-order chi connectivity index (χ0) is 23.4. The zero-order valence-electron chi connectivity index (χ0n) is 19.2. The molecule has 0 unspecified atom stereocenters. The zero-order valence-corrected chi connectivity index (χ0v) is 19.2. The number of anilines is 2. The molecule has 1 aliphatic rings. The Morgan fingerprint density at radius 3 is 2.42 bits per heavy atom. The molecule has 1 N–H and O–H groups in total. The van der Waals surface area contributed by atoms with Crippen LogP contribution in [0.5, 0.6) is 0 Å². The van der Waals surface area contributed by atoms with Crippen LogP contribution in [-0.2, 0) is 4.74 Å². The Hall–Kier alpha value is -3.65. The molecule has 0 bridgehead atoms. The Labute approximate surface area is 193 Å². The number of hydrogen-bond acceptors (Lipinski definition) is 6. The second kappa shape index (κ2) is 9.87. The van der Waals surface area contributed by atoms with Gasteiger partial charge in [-0.25, -0.2) is 9.48 Å². The topological polar surface area (TPSA) is 79.7 Å². The molecule has 8 heteroatoms. The number of likely N-dealkylation sites (N-methyl/N-ethyl adjacent to an activating group) is 1. The van der Waals surface area contributed by atoms with E-state index in [1.54, 1.807) is 23.7 Å². The van der Waals surface area contributed by atoms with Crippen LogP contribution in [0.25, 0.3) is 5.69 Å². The molecule has 0 spiro atoms. The van der Waals surface area contributed by atoms with Crippen molar-refractivity contribution in [1.29, 1.82) is 0 Å². The molecular weight excluding hydrogens is 418 g/mol. The summed E-state index contributed by atoms with van der Waals surface area (Å²) in [6, 6.07) is 15.1. The molecule has 0 aliphatic carbocycles. The van der Waals surface area contributed by atoms with E-state index in [4.69, 9.17) is 4.74 Å². The SMILES string of the molecule is CCOC(=O)c1cnn(-c2ccc(C(=O)Nc3ccccc3N3CCN(C)CC3)cc2)c1C. The predicted octanol–water partition coefficient (Wildman–Crippen LogP) is 3.36. The first kappa shape index (κ1) is 22.5. The van der Waals surface area contributed by atoms with Crippen molar-refractivity contribution in [2.45, 2.75) is 13.8 Å². The maximum absolute atomic E-state index is 13.0. The first-order valence-corrected chi connectivity index (χ1v) is 11.1. The van der Waals surface area contributed by atoms with E-state index in [0.29, 0.717) is 23.4 Å². The second-order valence-corrected chi connectivity index (χ2v) is 8.08. The molecule has 2 heterocycles. The number of para-hydroxylation sites is 2. The molecule has 1 aromatic heterocycles. The molecule has 33 heavy (non-hydrogen) atoms. The smallest absolute Gasteiger partial charge is 0.341 e. The molecule has 1 saturated heterocycles. The first-order valence-electron chi connectivity index (χ1n) is 11.1. The molecular formula is C25H29N5O3. The van der Waals surface area contributed by atoms with Crippen LogP contribution in [0.4, 0.5) is 11.4 Å². The van der Waals surface area contributed by atoms with Crippen LogP contribution in [0.15, 0.2) is 54.7 Å². The highest BCUT2D eigenvalue weighted by atomic mass is 16.5. The Bertz CT molecular complexity index is 1130. The van der Waals surface area contributed by atoms with E-state index in [0.717, 1.165) is 43.2 Å². The van der Waals surface area contributed by atoms with Crippen molar-refractivity contribution in [3.05, 3.63) is 71.5 Å². The molecule has 0 atom stereocenters. The van der Waals surface area contributed by atoms with Crippen molar-refractivity contribution in [3.8, 4) is 5.69 Å². The number of aromatic nitrogens is 2. The van der Waals surface area contributed by atoms with Crippen molar-refractivity contribution in [2.75, 3.05) is 50.1 Å². The van der Waals surface area contributed by atoms with Gasteiger partial charge in [0.25, 0.3) is 5.91 Å². The van der Waals surface area contributed by atoms with E-state index in [-0.39, 0.29) is 5.91 Å². The van der Waals surface area contributed by atoms with Gasteiger partial charge in [0.1, 0.15) is 5.56 Å². The van der Waals surface area contributed by atoms with Gasteiger partial charge in [0, 0.05) is 31.7 Å². The minimum Gasteiger partial charge on any atom is -0.462 e. The van der Waals surface area contributed by atoms with Crippen LogP contribution in [0.3, 0.4) is 0 Å². The fourth-order valence-electron chi connectivity index (χ4n) is 3.93. The number of benzene rings is 2. The monoisotopic (exact) mass is 447 g/mol. The number of hydrogen-bond donors (Lipinski definition) is 1. The highest BCUT2D eigenvalue weighted by Crippen LogP contribution is 2.27. The number of rotatable bonds is 6. The number of esters is 1. The van der Waals surface area contributed by atoms with E-state index in [1.807, 2.05) is 43.3 Å². The maximum atomic E-state index is 13.0. The molecule has 8 nitrogen and oxygen atoms in total. The third kappa shape index (κ3) is 4.90. The Balaban J connectivity index is 1.49. The summed E-state index contributed by atoms with van der Waals surface area (Å²) >= 11 is 0. The molecule has 172 valence electrons. The van der Waals surface area contributed by atoms with Crippen LogP contribution >= 0.6 is 0 Å². The standard InChI is InChI=1S/C25H29N5O3/c1-4-33-25(32)21-17-26-30(18(21)2)20-11-9-19(10-12-20)24(31)27-22-7-5-6-8-23(22)29-15-13-28(3)14-16-29/h5-12,17H,4,13-16H2,1-3H3,(H,27,31). The number of nitrogens with one attached hydrogen (secondary N) is 1. The number of piperazine rings is 1. The predicted molar refractivity (Wildman–Crippen MR) is 128 cm³/mol. The lowest BCUT2D eigenvalue weighted by atomic mass is 10.1. The third-order valence-electron chi connectivity index (χ3n) is 5.88. The number of ether oxygens (including phenoxy) is 1. The highest BCUT2D eigenvalue weighted by molar-refractivity contribution is 6.06. The first-order chi connectivity index (χ1) is 16.0. The molecule has 3 aromatic rings. The molecule has 2 aromatic carbocycles. The largest absolute Gasteiger partial charge is 0.462 e.